The van der Waals surface area contributed by atoms with Crippen molar-refractivity contribution >= 4 is 33.3 Å². The first-order valence-corrected chi connectivity index (χ1v) is 11.2. The minimum Gasteiger partial charge on any atom is -0.497 e. The van der Waals surface area contributed by atoms with Gasteiger partial charge in [0, 0.05) is 42.5 Å². The van der Waals surface area contributed by atoms with E-state index in [9.17, 15) is 4.79 Å². The van der Waals surface area contributed by atoms with Crippen LogP contribution in [-0.2, 0) is 0 Å². The highest BCUT2D eigenvalue weighted by Gasteiger charge is 2.26. The molecule has 1 aliphatic heterocycles. The smallest absolute Gasteiger partial charge is 0.253 e. The zero-order valence-corrected chi connectivity index (χ0v) is 19.0. The van der Waals surface area contributed by atoms with Crippen molar-refractivity contribution in [3.63, 3.8) is 0 Å². The number of carbonyl (C=O) groups excluding carboxylic acids is 1. The number of carbonyl (C=O) groups is 1. The number of fused-ring (bicyclic) bond motifs is 1. The normalized spacial score (nSPS) is 14.6. The van der Waals surface area contributed by atoms with E-state index in [1.165, 1.54) is 10.4 Å². The Morgan fingerprint density at radius 3 is 2.33 bits per heavy atom. The first-order chi connectivity index (χ1) is 14.4. The first kappa shape index (κ1) is 20.6. The highest BCUT2D eigenvalue weighted by Crippen LogP contribution is 2.36. The molecule has 0 spiro atoms. The van der Waals surface area contributed by atoms with E-state index in [-0.39, 0.29) is 11.8 Å². The standard InChI is InChI=1S/C23H28N4O2S/c1-14(2)20-24-21(19-15(3)16(4)30-22(19)25-20)26-10-12-27(13-11-26)23(28)17-6-8-18(29-5)9-7-17/h6-9,14H,10-13H2,1-5H3. The summed E-state index contributed by atoms with van der Waals surface area (Å²) in [5, 5.41) is 1.16. The van der Waals surface area contributed by atoms with Crippen LogP contribution in [0.25, 0.3) is 10.2 Å². The van der Waals surface area contributed by atoms with Crippen molar-refractivity contribution in [2.24, 2.45) is 0 Å². The van der Waals surface area contributed by atoms with Gasteiger partial charge in [0.1, 0.15) is 22.2 Å². The Labute approximate surface area is 181 Å². The van der Waals surface area contributed by atoms with Gasteiger partial charge in [0.05, 0.1) is 12.5 Å². The van der Waals surface area contributed by atoms with Crippen molar-refractivity contribution in [1.29, 1.82) is 0 Å². The number of hydrogen-bond donors (Lipinski definition) is 0. The third-order valence-corrected chi connectivity index (χ3v) is 6.85. The number of anilines is 1. The lowest BCUT2D eigenvalue weighted by atomic mass is 10.1. The predicted molar refractivity (Wildman–Crippen MR) is 122 cm³/mol. The lowest BCUT2D eigenvalue weighted by Crippen LogP contribution is -2.49. The summed E-state index contributed by atoms with van der Waals surface area (Å²) in [5.41, 5.74) is 1.96. The second-order valence-corrected chi connectivity index (χ2v) is 9.23. The molecule has 0 unspecified atom stereocenters. The van der Waals surface area contributed by atoms with Crippen molar-refractivity contribution in [3.8, 4) is 5.75 Å². The van der Waals surface area contributed by atoms with Crippen molar-refractivity contribution < 1.29 is 9.53 Å². The van der Waals surface area contributed by atoms with Gasteiger partial charge in [0.25, 0.3) is 5.91 Å². The highest BCUT2D eigenvalue weighted by molar-refractivity contribution is 7.18. The van der Waals surface area contributed by atoms with Gasteiger partial charge in [-0.05, 0) is 43.7 Å². The van der Waals surface area contributed by atoms with Gasteiger partial charge in [-0.25, -0.2) is 9.97 Å². The Morgan fingerprint density at radius 2 is 1.73 bits per heavy atom. The van der Waals surface area contributed by atoms with Crippen molar-refractivity contribution in [2.45, 2.75) is 33.6 Å². The number of thiophene rings is 1. The van der Waals surface area contributed by atoms with Crippen molar-refractivity contribution in [1.82, 2.24) is 14.9 Å². The van der Waals surface area contributed by atoms with Crippen LogP contribution in [0.3, 0.4) is 0 Å². The monoisotopic (exact) mass is 424 g/mol. The molecule has 30 heavy (non-hydrogen) atoms. The molecule has 1 fully saturated rings. The Hall–Kier alpha value is -2.67. The number of piperazine rings is 1. The van der Waals surface area contributed by atoms with Crippen LogP contribution in [-0.4, -0.2) is 54.1 Å². The van der Waals surface area contributed by atoms with Gasteiger partial charge in [-0.1, -0.05) is 13.8 Å². The van der Waals surface area contributed by atoms with Gasteiger partial charge in [-0.3, -0.25) is 4.79 Å². The number of aryl methyl sites for hydroxylation is 2. The van der Waals surface area contributed by atoms with Gasteiger partial charge in [-0.15, -0.1) is 11.3 Å². The summed E-state index contributed by atoms with van der Waals surface area (Å²) >= 11 is 1.74. The number of aromatic nitrogens is 2. The summed E-state index contributed by atoms with van der Waals surface area (Å²) in [6, 6.07) is 7.31. The quantitative estimate of drug-likeness (QED) is 0.621. The van der Waals surface area contributed by atoms with Crippen LogP contribution in [0.5, 0.6) is 5.75 Å². The van der Waals surface area contributed by atoms with E-state index in [1.807, 2.05) is 29.2 Å². The fourth-order valence-electron chi connectivity index (χ4n) is 3.77. The number of rotatable bonds is 4. The predicted octanol–water partition coefficient (Wildman–Crippen LogP) is 4.40. The lowest BCUT2D eigenvalue weighted by Gasteiger charge is -2.36. The topological polar surface area (TPSA) is 58.6 Å². The molecule has 1 saturated heterocycles. The number of amides is 1. The summed E-state index contributed by atoms with van der Waals surface area (Å²) in [4.78, 5) is 29.2. The molecule has 0 saturated carbocycles. The summed E-state index contributed by atoms with van der Waals surface area (Å²) in [6.07, 6.45) is 0. The fourth-order valence-corrected chi connectivity index (χ4v) is 4.80. The molecule has 0 atom stereocenters. The van der Waals surface area contributed by atoms with Crippen LogP contribution in [0.15, 0.2) is 24.3 Å². The zero-order valence-electron chi connectivity index (χ0n) is 18.2. The van der Waals surface area contributed by atoms with Crippen LogP contribution in [0, 0.1) is 13.8 Å². The fraction of sp³-hybridized carbons (Fsp3) is 0.435. The van der Waals surface area contributed by atoms with E-state index < -0.39 is 0 Å². The molecule has 1 amide bonds. The number of nitrogens with zero attached hydrogens (tertiary/aromatic N) is 4. The summed E-state index contributed by atoms with van der Waals surface area (Å²) in [6.45, 7) is 11.4. The maximum Gasteiger partial charge on any atom is 0.253 e. The largest absolute Gasteiger partial charge is 0.497 e. The van der Waals surface area contributed by atoms with Crippen LogP contribution in [0.1, 0.15) is 46.4 Å². The van der Waals surface area contributed by atoms with E-state index in [2.05, 4.69) is 32.6 Å². The Bertz CT molecular complexity index is 1070. The summed E-state index contributed by atoms with van der Waals surface area (Å²) in [7, 11) is 1.63. The third kappa shape index (κ3) is 3.74. The molecule has 3 aromatic rings. The molecule has 0 radical (unpaired) electrons. The van der Waals surface area contributed by atoms with Crippen LogP contribution < -0.4 is 9.64 Å². The molecule has 158 valence electrons. The second-order valence-electron chi connectivity index (χ2n) is 8.03. The maximum absolute atomic E-state index is 12.9. The summed E-state index contributed by atoms with van der Waals surface area (Å²) < 4.78 is 5.19. The molecule has 1 aliphatic rings. The molecule has 1 aromatic carbocycles. The van der Waals surface area contributed by atoms with Gasteiger partial charge in [0.15, 0.2) is 0 Å². The molecule has 0 aliphatic carbocycles. The molecule has 7 heteroatoms. The molecule has 4 rings (SSSR count). The van der Waals surface area contributed by atoms with Crippen molar-refractivity contribution in [2.75, 3.05) is 38.2 Å². The molecule has 6 nitrogen and oxygen atoms in total. The Morgan fingerprint density at radius 1 is 1.07 bits per heavy atom. The van der Waals surface area contributed by atoms with Crippen LogP contribution in [0.2, 0.25) is 0 Å². The van der Waals surface area contributed by atoms with E-state index >= 15 is 0 Å². The number of benzene rings is 1. The maximum atomic E-state index is 12.9. The van der Waals surface area contributed by atoms with Crippen LogP contribution in [0.4, 0.5) is 5.82 Å². The molecule has 2 aromatic heterocycles. The SMILES string of the molecule is COc1ccc(C(=O)N2CCN(c3nc(C(C)C)nc4sc(C)c(C)c34)CC2)cc1. The van der Waals surface area contributed by atoms with Gasteiger partial charge >= 0.3 is 0 Å². The van der Waals surface area contributed by atoms with Crippen molar-refractivity contribution in [3.05, 3.63) is 46.1 Å². The average Bonchev–Trinajstić information content (AvgIpc) is 3.06. The number of methoxy groups -OCH3 is 1. The van der Waals surface area contributed by atoms with E-state index in [4.69, 9.17) is 14.7 Å². The molecular formula is C23H28N4O2S. The van der Waals surface area contributed by atoms with E-state index in [0.717, 1.165) is 40.7 Å². The molecule has 0 bridgehead atoms. The Balaban J connectivity index is 1.56. The van der Waals surface area contributed by atoms with Gasteiger partial charge < -0.3 is 14.5 Å². The second kappa shape index (κ2) is 8.22. The average molecular weight is 425 g/mol. The summed E-state index contributed by atoms with van der Waals surface area (Å²) in [5.74, 6) is 2.99. The highest BCUT2D eigenvalue weighted by atomic mass is 32.1. The van der Waals surface area contributed by atoms with E-state index in [0.29, 0.717) is 18.7 Å². The van der Waals surface area contributed by atoms with Gasteiger partial charge in [0.2, 0.25) is 0 Å². The third-order valence-electron chi connectivity index (χ3n) is 5.75. The number of hydrogen-bond acceptors (Lipinski definition) is 6. The van der Waals surface area contributed by atoms with E-state index in [1.54, 1.807) is 18.4 Å². The molecule has 0 N–H and O–H groups in total. The minimum atomic E-state index is 0.0653. The van der Waals surface area contributed by atoms with Crippen LogP contribution >= 0.6 is 11.3 Å². The molecule has 3 heterocycles. The minimum absolute atomic E-state index is 0.0653. The Kier molecular flexibility index (Phi) is 5.64. The number of ether oxygens (including phenoxy) is 1. The molecular weight excluding hydrogens is 396 g/mol. The zero-order chi connectivity index (χ0) is 21.4. The van der Waals surface area contributed by atoms with Gasteiger partial charge in [-0.2, -0.15) is 0 Å². The first-order valence-electron chi connectivity index (χ1n) is 10.3. The lowest BCUT2D eigenvalue weighted by molar-refractivity contribution is 0.0746.